The molecule has 1 saturated heterocycles. The standard InChI is InChI=1S/C27H31F3N6O2.2ClH/c1-26(15-37-2,16-38-3)20-6-4-5-17-7-9-21(32-23(17)20)25-34-33-22-10-8-18(13-36(22)25)24(27(28,29)30)35-12-11-19(31)14-35;;/h4-10,13,19,24H,11-12,14-16,31H2,1-3H3;2*1H/t19?,24-;;/m1../s1. The third-order valence-corrected chi connectivity index (χ3v) is 7.20. The molecule has 8 nitrogen and oxygen atoms in total. The number of nitrogens with two attached hydrogens (primary N) is 1. The van der Waals surface area contributed by atoms with Crippen molar-refractivity contribution in [3.05, 3.63) is 59.8 Å². The minimum Gasteiger partial charge on any atom is -0.384 e. The van der Waals surface area contributed by atoms with Crippen molar-refractivity contribution < 1.29 is 22.6 Å². The zero-order chi connectivity index (χ0) is 27.1. The predicted octanol–water partition coefficient (Wildman–Crippen LogP) is 4.98. The molecule has 0 bridgehead atoms. The SMILES string of the molecule is COCC(C)(COC)c1cccc2ccc(-c3nnc4ccc([C@@H](N5CCC(N)C5)C(F)(F)F)cn34)nc12.Cl.Cl. The third kappa shape index (κ3) is 6.05. The molecule has 218 valence electrons. The van der Waals surface area contributed by atoms with Crippen molar-refractivity contribution >= 4 is 41.4 Å². The first kappa shape index (κ1) is 32.0. The second-order valence-electron chi connectivity index (χ2n) is 10.2. The van der Waals surface area contributed by atoms with Crippen molar-refractivity contribution in [2.24, 2.45) is 5.73 Å². The minimum absolute atomic E-state index is 0. The zero-order valence-electron chi connectivity index (χ0n) is 22.4. The number of nitrogens with zero attached hydrogens (tertiary/aromatic N) is 5. The normalized spacial score (nSPS) is 17.1. The summed E-state index contributed by atoms with van der Waals surface area (Å²) < 4.78 is 55.3. The summed E-state index contributed by atoms with van der Waals surface area (Å²) >= 11 is 0. The topological polar surface area (TPSA) is 90.8 Å². The zero-order valence-corrected chi connectivity index (χ0v) is 24.0. The summed E-state index contributed by atoms with van der Waals surface area (Å²) in [6, 6.07) is 10.6. The van der Waals surface area contributed by atoms with E-state index in [1.165, 1.54) is 17.2 Å². The molecule has 0 radical (unpaired) electrons. The fraction of sp³-hybridized carbons (Fsp3) is 0.444. The Morgan fingerprint density at radius 3 is 2.38 bits per heavy atom. The lowest BCUT2D eigenvalue weighted by Gasteiger charge is -2.30. The van der Waals surface area contributed by atoms with Gasteiger partial charge in [-0.25, -0.2) is 4.98 Å². The van der Waals surface area contributed by atoms with Crippen LogP contribution in [0.5, 0.6) is 0 Å². The van der Waals surface area contributed by atoms with Crippen LogP contribution in [0, 0.1) is 0 Å². The number of fused-ring (bicyclic) bond motifs is 2. The lowest BCUT2D eigenvalue weighted by molar-refractivity contribution is -0.183. The number of pyridine rings is 2. The second-order valence-corrected chi connectivity index (χ2v) is 10.2. The number of alkyl halides is 3. The number of benzene rings is 1. The van der Waals surface area contributed by atoms with Crippen molar-refractivity contribution in [2.75, 3.05) is 40.5 Å². The van der Waals surface area contributed by atoms with Crippen LogP contribution in [0.15, 0.2) is 48.7 Å². The third-order valence-electron chi connectivity index (χ3n) is 7.20. The van der Waals surface area contributed by atoms with Gasteiger partial charge in [0.15, 0.2) is 11.5 Å². The van der Waals surface area contributed by atoms with E-state index in [0.29, 0.717) is 36.8 Å². The van der Waals surface area contributed by atoms with Crippen molar-refractivity contribution in [3.8, 4) is 11.5 Å². The average molecular weight is 602 g/mol. The molecule has 0 saturated carbocycles. The Morgan fingerprint density at radius 1 is 1.02 bits per heavy atom. The van der Waals surface area contributed by atoms with E-state index in [9.17, 15) is 13.2 Å². The van der Waals surface area contributed by atoms with E-state index in [1.807, 2.05) is 31.2 Å². The van der Waals surface area contributed by atoms with Crippen LogP contribution < -0.4 is 5.73 Å². The number of ether oxygens (including phenoxy) is 2. The van der Waals surface area contributed by atoms with E-state index < -0.39 is 17.6 Å². The van der Waals surface area contributed by atoms with Gasteiger partial charge in [0.05, 0.1) is 18.7 Å². The molecule has 2 N–H and O–H groups in total. The molecule has 1 unspecified atom stereocenters. The molecule has 4 heterocycles. The number of aromatic nitrogens is 4. The highest BCUT2D eigenvalue weighted by Crippen LogP contribution is 2.40. The average Bonchev–Trinajstić information content (AvgIpc) is 3.48. The summed E-state index contributed by atoms with van der Waals surface area (Å²) in [6.07, 6.45) is -2.47. The smallest absolute Gasteiger partial charge is 0.384 e. The summed E-state index contributed by atoms with van der Waals surface area (Å²) in [5.41, 5.74) is 8.18. The molecule has 0 aliphatic carbocycles. The van der Waals surface area contributed by atoms with E-state index in [0.717, 1.165) is 16.5 Å². The van der Waals surface area contributed by atoms with E-state index in [2.05, 4.69) is 10.2 Å². The predicted molar refractivity (Wildman–Crippen MR) is 152 cm³/mol. The highest BCUT2D eigenvalue weighted by atomic mass is 35.5. The van der Waals surface area contributed by atoms with Gasteiger partial charge in [-0.3, -0.25) is 9.30 Å². The molecular weight excluding hydrogens is 568 g/mol. The second kappa shape index (κ2) is 12.5. The molecule has 0 spiro atoms. The van der Waals surface area contributed by atoms with E-state index in [-0.39, 0.29) is 49.5 Å². The van der Waals surface area contributed by atoms with Crippen LogP contribution in [0.2, 0.25) is 0 Å². The number of likely N-dealkylation sites (tertiary alicyclic amines) is 1. The van der Waals surface area contributed by atoms with Gasteiger partial charge in [-0.1, -0.05) is 37.3 Å². The van der Waals surface area contributed by atoms with Gasteiger partial charge in [-0.2, -0.15) is 13.2 Å². The molecule has 40 heavy (non-hydrogen) atoms. The fourth-order valence-corrected chi connectivity index (χ4v) is 5.49. The maximum atomic E-state index is 14.2. The summed E-state index contributed by atoms with van der Waals surface area (Å²) in [4.78, 5) is 6.32. The highest BCUT2D eigenvalue weighted by Gasteiger charge is 2.46. The number of hydrogen-bond acceptors (Lipinski definition) is 7. The minimum atomic E-state index is -4.46. The van der Waals surface area contributed by atoms with Crippen molar-refractivity contribution in [3.63, 3.8) is 0 Å². The lowest BCUT2D eigenvalue weighted by Crippen LogP contribution is -2.38. The molecule has 4 aromatic rings. The van der Waals surface area contributed by atoms with E-state index >= 15 is 0 Å². The van der Waals surface area contributed by atoms with Gasteiger partial charge in [-0.05, 0) is 29.7 Å². The maximum Gasteiger partial charge on any atom is 0.408 e. The first-order valence-corrected chi connectivity index (χ1v) is 12.4. The molecule has 1 aliphatic rings. The van der Waals surface area contributed by atoms with Crippen LogP contribution in [0.25, 0.3) is 28.1 Å². The number of rotatable bonds is 8. The van der Waals surface area contributed by atoms with Crippen LogP contribution in [-0.4, -0.2) is 77.2 Å². The molecule has 2 atom stereocenters. The van der Waals surface area contributed by atoms with Crippen LogP contribution in [0.4, 0.5) is 13.2 Å². The van der Waals surface area contributed by atoms with Crippen molar-refractivity contribution in [1.82, 2.24) is 24.5 Å². The van der Waals surface area contributed by atoms with Gasteiger partial charge >= 0.3 is 6.18 Å². The quantitative estimate of drug-likeness (QED) is 0.305. The molecule has 13 heteroatoms. The first-order chi connectivity index (χ1) is 18.1. The number of halogens is 5. The van der Waals surface area contributed by atoms with Crippen LogP contribution in [-0.2, 0) is 14.9 Å². The largest absolute Gasteiger partial charge is 0.408 e. The van der Waals surface area contributed by atoms with E-state index in [4.69, 9.17) is 20.2 Å². The van der Waals surface area contributed by atoms with Crippen LogP contribution >= 0.6 is 24.8 Å². The lowest BCUT2D eigenvalue weighted by atomic mass is 9.82. The Labute approximate surface area is 242 Å². The van der Waals surface area contributed by atoms with Gasteiger partial charge in [-0.15, -0.1) is 35.0 Å². The summed E-state index contributed by atoms with van der Waals surface area (Å²) in [7, 11) is 3.28. The Kier molecular flexibility index (Phi) is 10.0. The maximum absolute atomic E-state index is 14.2. The molecule has 3 aromatic heterocycles. The Morgan fingerprint density at radius 2 is 1.75 bits per heavy atom. The fourth-order valence-electron chi connectivity index (χ4n) is 5.49. The molecular formula is C27H33Cl2F3N6O2. The molecule has 0 amide bonds. The Bertz CT molecular complexity index is 1450. The van der Waals surface area contributed by atoms with Crippen LogP contribution in [0.1, 0.15) is 30.5 Å². The first-order valence-electron chi connectivity index (χ1n) is 12.4. The van der Waals surface area contributed by atoms with Crippen LogP contribution in [0.3, 0.4) is 0 Å². The number of para-hydroxylation sites is 1. The number of methoxy groups -OCH3 is 2. The summed E-state index contributed by atoms with van der Waals surface area (Å²) in [5, 5.41) is 9.41. The van der Waals surface area contributed by atoms with Gasteiger partial charge in [0.1, 0.15) is 11.7 Å². The van der Waals surface area contributed by atoms with Crippen molar-refractivity contribution in [1.29, 1.82) is 0 Å². The summed E-state index contributed by atoms with van der Waals surface area (Å²) in [6.45, 7) is 3.36. The molecule has 1 aliphatic heterocycles. The highest BCUT2D eigenvalue weighted by molar-refractivity contribution is 5.86. The van der Waals surface area contributed by atoms with Gasteiger partial charge in [0.2, 0.25) is 0 Å². The number of hydrogen-bond donors (Lipinski definition) is 1. The Balaban J connectivity index is 0.00000220. The van der Waals surface area contributed by atoms with Gasteiger partial charge < -0.3 is 15.2 Å². The molecule has 1 aromatic carbocycles. The van der Waals surface area contributed by atoms with E-state index in [1.54, 1.807) is 30.8 Å². The summed E-state index contributed by atoms with van der Waals surface area (Å²) in [5.74, 6) is 0.359. The molecule has 5 rings (SSSR count). The van der Waals surface area contributed by atoms with Gasteiger partial charge in [0.25, 0.3) is 0 Å². The van der Waals surface area contributed by atoms with Crippen molar-refractivity contribution in [2.45, 2.75) is 37.0 Å². The monoisotopic (exact) mass is 600 g/mol. The molecule has 1 fully saturated rings. The van der Waals surface area contributed by atoms with Gasteiger partial charge in [0, 0.05) is 50.3 Å². The Hall–Kier alpha value is -2.54.